The molecule has 10 nitrogen and oxygen atoms in total. The van der Waals surface area contributed by atoms with Gasteiger partial charge >= 0.3 is 5.97 Å². The highest BCUT2D eigenvalue weighted by Crippen LogP contribution is 2.34. The van der Waals surface area contributed by atoms with Gasteiger partial charge in [0.15, 0.2) is 0 Å². The minimum absolute atomic E-state index is 0.0934. The van der Waals surface area contributed by atoms with Crippen LogP contribution in [0.15, 0.2) is 47.4 Å². The highest BCUT2D eigenvalue weighted by Gasteiger charge is 2.31. The van der Waals surface area contributed by atoms with Gasteiger partial charge in [-0.15, -0.1) is 0 Å². The van der Waals surface area contributed by atoms with Crippen LogP contribution in [0.1, 0.15) is 10.4 Å². The topological polar surface area (TPSA) is 125 Å². The lowest BCUT2D eigenvalue weighted by Gasteiger charge is -2.26. The summed E-state index contributed by atoms with van der Waals surface area (Å²) < 4.78 is 42.9. The molecule has 0 unspecified atom stereocenters. The van der Waals surface area contributed by atoms with Crippen molar-refractivity contribution in [2.45, 2.75) is 4.90 Å². The summed E-state index contributed by atoms with van der Waals surface area (Å²) in [5.74, 6) is -0.496. The van der Waals surface area contributed by atoms with E-state index in [4.69, 9.17) is 9.47 Å². The zero-order valence-corrected chi connectivity index (χ0v) is 16.3. The number of benzene rings is 2. The smallest absolute Gasteiger partial charge is 0.337 e. The molecule has 0 aromatic heterocycles. The van der Waals surface area contributed by atoms with Crippen molar-refractivity contribution in [1.29, 1.82) is 0 Å². The number of esters is 1. The van der Waals surface area contributed by atoms with Crippen molar-refractivity contribution in [3.8, 4) is 11.5 Å². The third-order valence-electron chi connectivity index (χ3n) is 4.21. The Labute approximate surface area is 166 Å². The van der Waals surface area contributed by atoms with Gasteiger partial charge in [-0.25, -0.2) is 13.2 Å². The lowest BCUT2D eigenvalue weighted by atomic mass is 10.2. The Morgan fingerprint density at radius 1 is 1.17 bits per heavy atom. The number of nitro groups is 1. The molecule has 1 heterocycles. The highest BCUT2D eigenvalue weighted by atomic mass is 32.2. The highest BCUT2D eigenvalue weighted by molar-refractivity contribution is 7.89. The predicted octanol–water partition coefficient (Wildman–Crippen LogP) is 2.19. The van der Waals surface area contributed by atoms with E-state index >= 15 is 0 Å². The summed E-state index contributed by atoms with van der Waals surface area (Å²) >= 11 is 0. The van der Waals surface area contributed by atoms with Gasteiger partial charge in [0.25, 0.3) is 5.69 Å². The van der Waals surface area contributed by atoms with Gasteiger partial charge < -0.3 is 14.2 Å². The van der Waals surface area contributed by atoms with Crippen LogP contribution < -0.4 is 4.74 Å². The predicted molar refractivity (Wildman–Crippen MR) is 101 cm³/mol. The molecular formula is C18H18N2O8S. The second-order valence-corrected chi connectivity index (χ2v) is 7.93. The quantitative estimate of drug-likeness (QED) is 0.394. The maximum Gasteiger partial charge on any atom is 0.337 e. The maximum absolute atomic E-state index is 13.1. The molecule has 3 rings (SSSR count). The molecule has 2 aromatic carbocycles. The first-order chi connectivity index (χ1) is 13.8. The van der Waals surface area contributed by atoms with Crippen LogP contribution in [0.3, 0.4) is 0 Å². The molecule has 0 saturated carbocycles. The van der Waals surface area contributed by atoms with Gasteiger partial charge in [0.2, 0.25) is 10.0 Å². The van der Waals surface area contributed by atoms with E-state index in [0.29, 0.717) is 0 Å². The van der Waals surface area contributed by atoms with Crippen molar-refractivity contribution in [3.05, 3.63) is 58.1 Å². The largest absolute Gasteiger partial charge is 0.465 e. The fraction of sp³-hybridized carbons (Fsp3) is 0.278. The van der Waals surface area contributed by atoms with Gasteiger partial charge in [0.05, 0.1) is 30.8 Å². The Balaban J connectivity index is 2.03. The number of carbonyl (C=O) groups is 1. The Hall–Kier alpha value is -3.02. The number of rotatable bonds is 6. The summed E-state index contributed by atoms with van der Waals surface area (Å²) in [6.07, 6.45) is 0. The molecule has 0 spiro atoms. The number of morpholine rings is 1. The number of sulfonamides is 1. The van der Waals surface area contributed by atoms with E-state index < -0.39 is 20.9 Å². The molecule has 154 valence electrons. The molecule has 0 atom stereocenters. The molecule has 1 aliphatic rings. The zero-order chi connectivity index (χ0) is 21.0. The minimum atomic E-state index is -4.07. The van der Waals surface area contributed by atoms with E-state index in [1.165, 1.54) is 35.7 Å². The summed E-state index contributed by atoms with van der Waals surface area (Å²) in [7, 11) is -2.83. The summed E-state index contributed by atoms with van der Waals surface area (Å²) in [6, 6.07) is 9.30. The first kappa shape index (κ1) is 20.7. The van der Waals surface area contributed by atoms with Crippen LogP contribution in [0.25, 0.3) is 0 Å². The normalized spacial score (nSPS) is 14.9. The summed E-state index contributed by atoms with van der Waals surface area (Å²) in [4.78, 5) is 21.9. The van der Waals surface area contributed by atoms with Crippen LogP contribution in [-0.4, -0.2) is 57.0 Å². The fourth-order valence-corrected chi connectivity index (χ4v) is 4.30. The van der Waals surface area contributed by atoms with E-state index in [9.17, 15) is 23.3 Å². The summed E-state index contributed by atoms with van der Waals surface area (Å²) in [5, 5.41) is 11.2. The molecule has 0 bridgehead atoms. The van der Waals surface area contributed by atoms with Crippen LogP contribution >= 0.6 is 0 Å². The van der Waals surface area contributed by atoms with Crippen molar-refractivity contribution in [2.24, 2.45) is 0 Å². The average Bonchev–Trinajstić information content (AvgIpc) is 2.74. The molecule has 1 aliphatic heterocycles. The van der Waals surface area contributed by atoms with E-state index in [-0.39, 0.29) is 53.9 Å². The lowest BCUT2D eigenvalue weighted by molar-refractivity contribution is -0.385. The standard InChI is InChI=1S/C18H18N2O8S/c1-26-18(21)13-3-2-4-15(11-13)28-16-6-5-14(20(22)23)12-17(16)29(24,25)19-7-9-27-10-8-19/h2-6,11-12H,7-10H2,1H3. The van der Waals surface area contributed by atoms with Gasteiger partial charge in [0.1, 0.15) is 16.4 Å². The van der Waals surface area contributed by atoms with Crippen molar-refractivity contribution in [3.63, 3.8) is 0 Å². The van der Waals surface area contributed by atoms with Gasteiger partial charge in [0, 0.05) is 25.2 Å². The van der Waals surface area contributed by atoms with E-state index in [1.807, 2.05) is 0 Å². The third-order valence-corrected chi connectivity index (χ3v) is 6.13. The monoisotopic (exact) mass is 422 g/mol. The Kier molecular flexibility index (Phi) is 6.11. The van der Waals surface area contributed by atoms with E-state index in [2.05, 4.69) is 4.74 Å². The molecule has 0 amide bonds. The number of nitro benzene ring substituents is 1. The van der Waals surface area contributed by atoms with Crippen LogP contribution in [0, 0.1) is 10.1 Å². The molecule has 29 heavy (non-hydrogen) atoms. The van der Waals surface area contributed by atoms with E-state index in [0.717, 1.165) is 12.1 Å². The lowest BCUT2D eigenvalue weighted by Crippen LogP contribution is -2.40. The first-order valence-electron chi connectivity index (χ1n) is 8.55. The van der Waals surface area contributed by atoms with Gasteiger partial charge in [-0.1, -0.05) is 6.07 Å². The van der Waals surface area contributed by atoms with Crippen molar-refractivity contribution in [2.75, 3.05) is 33.4 Å². The second-order valence-electron chi connectivity index (χ2n) is 6.03. The summed E-state index contributed by atoms with van der Waals surface area (Å²) in [6.45, 7) is 0.710. The number of ether oxygens (including phenoxy) is 3. The maximum atomic E-state index is 13.1. The molecule has 0 radical (unpaired) electrons. The molecular weight excluding hydrogens is 404 g/mol. The molecule has 2 aromatic rings. The average molecular weight is 422 g/mol. The molecule has 1 saturated heterocycles. The Bertz CT molecular complexity index is 1030. The number of hydrogen-bond donors (Lipinski definition) is 0. The zero-order valence-electron chi connectivity index (χ0n) is 15.4. The van der Waals surface area contributed by atoms with Gasteiger partial charge in [-0.05, 0) is 24.3 Å². The Morgan fingerprint density at radius 2 is 1.90 bits per heavy atom. The van der Waals surface area contributed by atoms with Gasteiger partial charge in [-0.3, -0.25) is 10.1 Å². The first-order valence-corrected chi connectivity index (χ1v) is 9.99. The fourth-order valence-electron chi connectivity index (χ4n) is 2.75. The van der Waals surface area contributed by atoms with Crippen LogP contribution in [0.5, 0.6) is 11.5 Å². The Morgan fingerprint density at radius 3 is 2.55 bits per heavy atom. The number of non-ortho nitro benzene ring substituents is 1. The van der Waals surface area contributed by atoms with Crippen LogP contribution in [-0.2, 0) is 19.5 Å². The minimum Gasteiger partial charge on any atom is -0.465 e. The molecule has 1 fully saturated rings. The van der Waals surface area contributed by atoms with Crippen LogP contribution in [0.4, 0.5) is 5.69 Å². The van der Waals surface area contributed by atoms with Crippen molar-refractivity contribution in [1.82, 2.24) is 4.31 Å². The van der Waals surface area contributed by atoms with Crippen molar-refractivity contribution >= 4 is 21.7 Å². The SMILES string of the molecule is COC(=O)c1cccc(Oc2ccc([N+](=O)[O-])cc2S(=O)(=O)N2CCOCC2)c1. The molecule has 11 heteroatoms. The number of methoxy groups -OCH3 is 1. The van der Waals surface area contributed by atoms with Crippen molar-refractivity contribution < 1.29 is 32.3 Å². The molecule has 0 N–H and O–H groups in total. The number of hydrogen-bond acceptors (Lipinski definition) is 8. The molecule has 0 aliphatic carbocycles. The third kappa shape index (κ3) is 4.53. The van der Waals surface area contributed by atoms with Crippen LogP contribution in [0.2, 0.25) is 0 Å². The summed E-state index contributed by atoms with van der Waals surface area (Å²) in [5.41, 5.74) is -0.169. The van der Waals surface area contributed by atoms with Gasteiger partial charge in [-0.2, -0.15) is 4.31 Å². The van der Waals surface area contributed by atoms with E-state index in [1.54, 1.807) is 6.07 Å². The number of carbonyl (C=O) groups excluding carboxylic acids is 1. The number of nitrogens with zero attached hydrogens (tertiary/aromatic N) is 2. The second kappa shape index (κ2) is 8.55.